The Morgan fingerprint density at radius 1 is 1.29 bits per heavy atom. The van der Waals surface area contributed by atoms with Gasteiger partial charge in [0, 0.05) is 29.9 Å². The number of nitrogens with zero attached hydrogens (tertiary/aromatic N) is 1. The SMILES string of the molecule is CC(NCCc1ccc(Br)s1)c1ccncc1. The van der Waals surface area contributed by atoms with Gasteiger partial charge < -0.3 is 5.32 Å². The molecule has 0 bridgehead atoms. The Bertz CT molecular complexity index is 455. The molecule has 2 nitrogen and oxygen atoms in total. The van der Waals surface area contributed by atoms with E-state index in [4.69, 9.17) is 0 Å². The number of hydrogen-bond acceptors (Lipinski definition) is 3. The molecule has 1 atom stereocenters. The summed E-state index contributed by atoms with van der Waals surface area (Å²) < 4.78 is 1.20. The maximum absolute atomic E-state index is 4.03. The van der Waals surface area contributed by atoms with Crippen LogP contribution in [0.1, 0.15) is 23.4 Å². The summed E-state index contributed by atoms with van der Waals surface area (Å²) in [5.74, 6) is 0. The van der Waals surface area contributed by atoms with Crippen LogP contribution in [0.15, 0.2) is 40.4 Å². The molecule has 0 aromatic carbocycles. The van der Waals surface area contributed by atoms with E-state index in [1.165, 1.54) is 14.2 Å². The van der Waals surface area contributed by atoms with Crippen LogP contribution >= 0.6 is 27.3 Å². The van der Waals surface area contributed by atoms with Crippen molar-refractivity contribution in [2.24, 2.45) is 0 Å². The number of nitrogens with one attached hydrogen (secondary N) is 1. The van der Waals surface area contributed by atoms with Crippen LogP contribution in [0.5, 0.6) is 0 Å². The van der Waals surface area contributed by atoms with E-state index in [1.807, 2.05) is 12.4 Å². The Kier molecular flexibility index (Phi) is 4.71. The molecular weight excluding hydrogens is 296 g/mol. The van der Waals surface area contributed by atoms with Gasteiger partial charge in [0.05, 0.1) is 3.79 Å². The quantitative estimate of drug-likeness (QED) is 0.908. The van der Waals surface area contributed by atoms with Crippen molar-refractivity contribution in [1.82, 2.24) is 10.3 Å². The first kappa shape index (κ1) is 12.7. The highest BCUT2D eigenvalue weighted by Gasteiger charge is 2.04. The Balaban J connectivity index is 1.79. The van der Waals surface area contributed by atoms with E-state index in [-0.39, 0.29) is 0 Å². The van der Waals surface area contributed by atoms with Crippen LogP contribution in [0.2, 0.25) is 0 Å². The van der Waals surface area contributed by atoms with Gasteiger partial charge in [-0.05, 0) is 59.1 Å². The molecular formula is C13H15BrN2S. The lowest BCUT2D eigenvalue weighted by atomic mass is 10.1. The summed E-state index contributed by atoms with van der Waals surface area (Å²) in [5.41, 5.74) is 1.28. The summed E-state index contributed by atoms with van der Waals surface area (Å²) in [6.07, 6.45) is 4.75. The molecule has 2 aromatic heterocycles. The molecule has 17 heavy (non-hydrogen) atoms. The van der Waals surface area contributed by atoms with Gasteiger partial charge in [0.25, 0.3) is 0 Å². The van der Waals surface area contributed by atoms with E-state index in [0.29, 0.717) is 6.04 Å². The summed E-state index contributed by atoms with van der Waals surface area (Å²) in [6.45, 7) is 3.18. The highest BCUT2D eigenvalue weighted by Crippen LogP contribution is 2.22. The minimum atomic E-state index is 0.376. The van der Waals surface area contributed by atoms with Crippen molar-refractivity contribution < 1.29 is 0 Å². The molecule has 0 aliphatic rings. The number of halogens is 1. The van der Waals surface area contributed by atoms with E-state index >= 15 is 0 Å². The second-order valence-corrected chi connectivity index (χ2v) is 6.46. The van der Waals surface area contributed by atoms with Gasteiger partial charge in [-0.2, -0.15) is 0 Å². The highest BCUT2D eigenvalue weighted by molar-refractivity contribution is 9.11. The van der Waals surface area contributed by atoms with Gasteiger partial charge in [-0.1, -0.05) is 0 Å². The lowest BCUT2D eigenvalue weighted by molar-refractivity contribution is 0.578. The number of rotatable bonds is 5. The number of hydrogen-bond donors (Lipinski definition) is 1. The van der Waals surface area contributed by atoms with E-state index in [9.17, 15) is 0 Å². The van der Waals surface area contributed by atoms with Crippen LogP contribution < -0.4 is 5.32 Å². The van der Waals surface area contributed by atoms with Crippen LogP contribution in [-0.2, 0) is 6.42 Å². The molecule has 0 aliphatic carbocycles. The van der Waals surface area contributed by atoms with Crippen LogP contribution in [0.25, 0.3) is 0 Å². The van der Waals surface area contributed by atoms with Gasteiger partial charge in [0.2, 0.25) is 0 Å². The Morgan fingerprint density at radius 2 is 2.06 bits per heavy atom. The molecule has 0 aliphatic heterocycles. The summed E-state index contributed by atoms with van der Waals surface area (Å²) in [7, 11) is 0. The zero-order valence-corrected chi connectivity index (χ0v) is 12.1. The maximum Gasteiger partial charge on any atom is 0.0701 e. The van der Waals surface area contributed by atoms with Crippen LogP contribution in [0.3, 0.4) is 0 Å². The number of pyridine rings is 1. The molecule has 0 amide bonds. The maximum atomic E-state index is 4.03. The van der Waals surface area contributed by atoms with Crippen molar-refractivity contribution in [3.63, 3.8) is 0 Å². The third-order valence-corrected chi connectivity index (χ3v) is 4.34. The Labute approximate surface area is 114 Å². The molecule has 2 heterocycles. The van der Waals surface area contributed by atoms with Crippen molar-refractivity contribution in [2.45, 2.75) is 19.4 Å². The highest BCUT2D eigenvalue weighted by atomic mass is 79.9. The molecule has 1 unspecified atom stereocenters. The van der Waals surface area contributed by atoms with Crippen molar-refractivity contribution in [3.8, 4) is 0 Å². The fourth-order valence-corrected chi connectivity index (χ4v) is 3.15. The molecule has 0 saturated heterocycles. The monoisotopic (exact) mass is 310 g/mol. The average Bonchev–Trinajstić information content (AvgIpc) is 2.76. The average molecular weight is 311 g/mol. The fraction of sp³-hybridized carbons (Fsp3) is 0.308. The molecule has 2 aromatic rings. The summed E-state index contributed by atoms with van der Waals surface area (Å²) >= 11 is 5.28. The summed E-state index contributed by atoms with van der Waals surface area (Å²) in [6, 6.07) is 8.76. The summed E-state index contributed by atoms with van der Waals surface area (Å²) in [4.78, 5) is 5.44. The molecule has 90 valence electrons. The van der Waals surface area contributed by atoms with Crippen LogP contribution in [0.4, 0.5) is 0 Å². The number of thiophene rings is 1. The largest absolute Gasteiger partial charge is 0.310 e. The van der Waals surface area contributed by atoms with Gasteiger partial charge >= 0.3 is 0 Å². The second kappa shape index (κ2) is 6.28. The van der Waals surface area contributed by atoms with Gasteiger partial charge in [-0.15, -0.1) is 11.3 Å². The van der Waals surface area contributed by atoms with Gasteiger partial charge in [-0.25, -0.2) is 0 Å². The smallest absolute Gasteiger partial charge is 0.0701 e. The number of aromatic nitrogens is 1. The van der Waals surface area contributed by atoms with Crippen LogP contribution in [0, 0.1) is 0 Å². The zero-order chi connectivity index (χ0) is 12.1. The lowest BCUT2D eigenvalue weighted by Crippen LogP contribution is -2.21. The fourth-order valence-electron chi connectivity index (χ4n) is 1.67. The van der Waals surface area contributed by atoms with Crippen molar-refractivity contribution in [2.75, 3.05) is 6.54 Å². The molecule has 1 N–H and O–H groups in total. The lowest BCUT2D eigenvalue weighted by Gasteiger charge is -2.13. The molecule has 0 radical (unpaired) electrons. The first-order valence-corrected chi connectivity index (χ1v) is 7.24. The van der Waals surface area contributed by atoms with E-state index in [1.54, 1.807) is 11.3 Å². The Morgan fingerprint density at radius 3 is 2.71 bits per heavy atom. The Hall–Kier alpha value is -0.710. The first-order valence-electron chi connectivity index (χ1n) is 5.63. The van der Waals surface area contributed by atoms with Gasteiger partial charge in [0.1, 0.15) is 0 Å². The van der Waals surface area contributed by atoms with Crippen molar-refractivity contribution in [3.05, 3.63) is 50.9 Å². The zero-order valence-electron chi connectivity index (χ0n) is 9.69. The third-order valence-electron chi connectivity index (χ3n) is 2.66. The van der Waals surface area contributed by atoms with Crippen molar-refractivity contribution >= 4 is 27.3 Å². The predicted octanol–water partition coefficient (Wildman–Crippen LogP) is 3.80. The first-order chi connectivity index (χ1) is 8.25. The predicted molar refractivity (Wildman–Crippen MR) is 76.4 cm³/mol. The molecule has 0 saturated carbocycles. The molecule has 2 rings (SSSR count). The molecule has 0 fully saturated rings. The van der Waals surface area contributed by atoms with Crippen LogP contribution in [-0.4, -0.2) is 11.5 Å². The van der Waals surface area contributed by atoms with E-state index in [0.717, 1.165) is 13.0 Å². The molecule has 0 spiro atoms. The van der Waals surface area contributed by atoms with Gasteiger partial charge in [0.15, 0.2) is 0 Å². The molecule has 4 heteroatoms. The van der Waals surface area contributed by atoms with E-state index in [2.05, 4.69) is 57.4 Å². The van der Waals surface area contributed by atoms with Crippen molar-refractivity contribution in [1.29, 1.82) is 0 Å². The third kappa shape index (κ3) is 3.91. The topological polar surface area (TPSA) is 24.9 Å². The minimum absolute atomic E-state index is 0.376. The normalized spacial score (nSPS) is 12.6. The van der Waals surface area contributed by atoms with E-state index < -0.39 is 0 Å². The minimum Gasteiger partial charge on any atom is -0.310 e. The summed E-state index contributed by atoms with van der Waals surface area (Å²) in [5, 5.41) is 3.52. The second-order valence-electron chi connectivity index (χ2n) is 3.91. The van der Waals surface area contributed by atoms with Gasteiger partial charge in [-0.3, -0.25) is 4.98 Å². The standard InChI is InChI=1S/C13H15BrN2S/c1-10(11-4-7-15-8-5-11)16-9-6-12-2-3-13(14)17-12/h2-5,7-8,10,16H,6,9H2,1H3.